The zero-order chi connectivity index (χ0) is 31.7. The van der Waals surface area contributed by atoms with E-state index in [1.807, 2.05) is 94.4 Å². The third-order valence-electron chi connectivity index (χ3n) is 7.47. The number of hydrogen-bond donors (Lipinski definition) is 1. The van der Waals surface area contributed by atoms with Crippen molar-refractivity contribution in [1.82, 2.24) is 10.2 Å². The fraction of sp³-hybridized carbons (Fsp3) is 0.278. The molecule has 0 aliphatic heterocycles. The third-order valence-corrected chi connectivity index (χ3v) is 9.25. The topological polar surface area (TPSA) is 86.8 Å². The van der Waals surface area contributed by atoms with Gasteiger partial charge in [0.05, 0.1) is 10.6 Å². The summed E-state index contributed by atoms with van der Waals surface area (Å²) in [6.45, 7) is 7.88. The highest BCUT2D eigenvalue weighted by molar-refractivity contribution is 7.92. The predicted molar refractivity (Wildman–Crippen MR) is 176 cm³/mol. The highest BCUT2D eigenvalue weighted by Gasteiger charge is 2.34. The molecule has 44 heavy (non-hydrogen) atoms. The lowest BCUT2D eigenvalue weighted by molar-refractivity contribution is -0.140. The SMILES string of the molecule is CCCNC(=O)[C@H](Cc1ccccc1)N(Cc1cccc(C)c1)C(=O)CN(c1ccc(C)cc1)S(=O)(=O)c1ccc(C)cc1. The molecule has 0 aliphatic carbocycles. The fourth-order valence-electron chi connectivity index (χ4n) is 5.00. The Morgan fingerprint density at radius 2 is 1.36 bits per heavy atom. The van der Waals surface area contributed by atoms with E-state index in [-0.39, 0.29) is 23.8 Å². The molecule has 4 rings (SSSR count). The molecule has 0 aliphatic rings. The number of nitrogens with one attached hydrogen (secondary N) is 1. The van der Waals surface area contributed by atoms with Crippen LogP contribution in [0.2, 0.25) is 0 Å². The van der Waals surface area contributed by atoms with Gasteiger partial charge in [-0.2, -0.15) is 0 Å². The Labute approximate surface area is 261 Å². The van der Waals surface area contributed by atoms with Gasteiger partial charge in [0, 0.05) is 19.5 Å². The molecule has 0 aromatic heterocycles. The zero-order valence-corrected chi connectivity index (χ0v) is 26.7. The van der Waals surface area contributed by atoms with Gasteiger partial charge < -0.3 is 10.2 Å². The van der Waals surface area contributed by atoms with E-state index in [0.717, 1.165) is 38.5 Å². The summed E-state index contributed by atoms with van der Waals surface area (Å²) in [6.07, 6.45) is 1.02. The summed E-state index contributed by atoms with van der Waals surface area (Å²) >= 11 is 0. The molecule has 8 heteroatoms. The summed E-state index contributed by atoms with van der Waals surface area (Å²) in [4.78, 5) is 29.8. The van der Waals surface area contributed by atoms with E-state index in [1.54, 1.807) is 36.4 Å². The maximum Gasteiger partial charge on any atom is 0.264 e. The first-order valence-corrected chi connectivity index (χ1v) is 16.3. The van der Waals surface area contributed by atoms with E-state index in [4.69, 9.17) is 0 Å². The van der Waals surface area contributed by atoms with E-state index < -0.39 is 28.5 Å². The van der Waals surface area contributed by atoms with E-state index >= 15 is 0 Å². The highest BCUT2D eigenvalue weighted by Crippen LogP contribution is 2.26. The van der Waals surface area contributed by atoms with Crippen LogP contribution in [0.15, 0.2) is 108 Å². The van der Waals surface area contributed by atoms with Crippen LogP contribution in [0.4, 0.5) is 5.69 Å². The lowest BCUT2D eigenvalue weighted by Crippen LogP contribution is -2.53. The van der Waals surface area contributed by atoms with Crippen molar-refractivity contribution in [3.63, 3.8) is 0 Å². The van der Waals surface area contributed by atoms with Crippen molar-refractivity contribution in [2.45, 2.75) is 58.0 Å². The normalized spacial score (nSPS) is 11.9. The van der Waals surface area contributed by atoms with Crippen LogP contribution in [0.25, 0.3) is 0 Å². The predicted octanol–water partition coefficient (Wildman–Crippen LogP) is 5.97. The number of aryl methyl sites for hydroxylation is 3. The van der Waals surface area contributed by atoms with Crippen molar-refractivity contribution in [2.75, 3.05) is 17.4 Å². The van der Waals surface area contributed by atoms with Gasteiger partial charge in [-0.25, -0.2) is 8.42 Å². The zero-order valence-electron chi connectivity index (χ0n) is 25.9. The Bertz CT molecular complexity index is 1650. The number of sulfonamides is 1. The minimum Gasteiger partial charge on any atom is -0.354 e. The van der Waals surface area contributed by atoms with Crippen LogP contribution >= 0.6 is 0 Å². The number of amides is 2. The molecular formula is C36H41N3O4S. The molecular weight excluding hydrogens is 570 g/mol. The molecule has 0 heterocycles. The van der Waals surface area contributed by atoms with Crippen LogP contribution in [0.5, 0.6) is 0 Å². The number of hydrogen-bond acceptors (Lipinski definition) is 4. The van der Waals surface area contributed by atoms with Crippen LogP contribution < -0.4 is 9.62 Å². The monoisotopic (exact) mass is 611 g/mol. The second-order valence-corrected chi connectivity index (χ2v) is 13.0. The summed E-state index contributed by atoms with van der Waals surface area (Å²) < 4.78 is 29.3. The summed E-state index contributed by atoms with van der Waals surface area (Å²) in [6, 6.07) is 30.1. The van der Waals surface area contributed by atoms with Crippen molar-refractivity contribution in [3.05, 3.63) is 131 Å². The van der Waals surface area contributed by atoms with Gasteiger partial charge in [0.2, 0.25) is 11.8 Å². The number of carbonyl (C=O) groups excluding carboxylic acids is 2. The smallest absolute Gasteiger partial charge is 0.264 e. The average molecular weight is 612 g/mol. The van der Waals surface area contributed by atoms with Gasteiger partial charge in [-0.3, -0.25) is 13.9 Å². The van der Waals surface area contributed by atoms with Gasteiger partial charge in [-0.05, 0) is 62.6 Å². The molecule has 4 aromatic rings. The van der Waals surface area contributed by atoms with Gasteiger partial charge in [-0.15, -0.1) is 0 Å². The first-order chi connectivity index (χ1) is 21.1. The van der Waals surface area contributed by atoms with Crippen LogP contribution in [0.1, 0.15) is 41.2 Å². The highest BCUT2D eigenvalue weighted by atomic mass is 32.2. The molecule has 0 saturated heterocycles. The Balaban J connectivity index is 1.79. The molecule has 0 saturated carbocycles. The Morgan fingerprint density at radius 1 is 0.750 bits per heavy atom. The largest absolute Gasteiger partial charge is 0.354 e. The minimum absolute atomic E-state index is 0.0863. The molecule has 4 aromatic carbocycles. The molecule has 0 spiro atoms. The fourth-order valence-corrected chi connectivity index (χ4v) is 6.42. The second kappa shape index (κ2) is 14.8. The Hall–Kier alpha value is -4.43. The summed E-state index contributed by atoms with van der Waals surface area (Å²) in [7, 11) is -4.13. The van der Waals surface area contributed by atoms with Gasteiger partial charge in [0.1, 0.15) is 12.6 Å². The molecule has 0 fully saturated rings. The molecule has 7 nitrogen and oxygen atoms in total. The first kappa shape index (κ1) is 32.5. The number of anilines is 1. The summed E-state index contributed by atoms with van der Waals surface area (Å²) in [5, 5.41) is 2.97. The standard InChI is InChI=1S/C36H41N3O4S/c1-5-22-37-36(41)34(24-30-11-7-6-8-12-30)38(25-31-13-9-10-29(4)23-31)35(40)26-39(32-18-14-27(2)15-19-32)44(42,43)33-20-16-28(3)17-21-33/h6-21,23,34H,5,22,24-26H2,1-4H3,(H,37,41)/t34-/m0/s1. The van der Waals surface area contributed by atoms with Gasteiger partial charge >= 0.3 is 0 Å². The maximum absolute atomic E-state index is 14.5. The molecule has 230 valence electrons. The minimum atomic E-state index is -4.13. The number of benzene rings is 4. The Morgan fingerprint density at radius 3 is 1.98 bits per heavy atom. The summed E-state index contributed by atoms with van der Waals surface area (Å²) in [5.41, 5.74) is 5.03. The van der Waals surface area contributed by atoms with Crippen molar-refractivity contribution in [1.29, 1.82) is 0 Å². The van der Waals surface area contributed by atoms with Crippen molar-refractivity contribution < 1.29 is 18.0 Å². The molecule has 0 bridgehead atoms. The van der Waals surface area contributed by atoms with Crippen LogP contribution in [-0.2, 0) is 32.6 Å². The molecule has 2 amide bonds. The van der Waals surface area contributed by atoms with Crippen molar-refractivity contribution in [2.24, 2.45) is 0 Å². The van der Waals surface area contributed by atoms with Crippen LogP contribution in [0, 0.1) is 20.8 Å². The quantitative estimate of drug-likeness (QED) is 0.202. The lowest BCUT2D eigenvalue weighted by Gasteiger charge is -2.34. The Kier molecular flexibility index (Phi) is 11.0. The number of nitrogens with zero attached hydrogens (tertiary/aromatic N) is 2. The van der Waals surface area contributed by atoms with Crippen molar-refractivity contribution in [3.8, 4) is 0 Å². The van der Waals surface area contributed by atoms with Gasteiger partial charge in [-0.1, -0.05) is 102 Å². The van der Waals surface area contributed by atoms with Gasteiger partial charge in [0.25, 0.3) is 10.0 Å². The van der Waals surface area contributed by atoms with Crippen LogP contribution in [0.3, 0.4) is 0 Å². The first-order valence-electron chi connectivity index (χ1n) is 14.9. The van der Waals surface area contributed by atoms with Crippen molar-refractivity contribution >= 4 is 27.5 Å². The molecule has 1 atom stereocenters. The lowest BCUT2D eigenvalue weighted by atomic mass is 10.0. The maximum atomic E-state index is 14.5. The molecule has 0 unspecified atom stereocenters. The van der Waals surface area contributed by atoms with Gasteiger partial charge in [0.15, 0.2) is 0 Å². The average Bonchev–Trinajstić information content (AvgIpc) is 3.01. The number of carbonyl (C=O) groups is 2. The molecule has 1 N–H and O–H groups in total. The third kappa shape index (κ3) is 8.35. The van der Waals surface area contributed by atoms with Crippen LogP contribution in [-0.4, -0.2) is 44.3 Å². The number of rotatable bonds is 13. The van der Waals surface area contributed by atoms with E-state index in [2.05, 4.69) is 5.32 Å². The van der Waals surface area contributed by atoms with E-state index in [0.29, 0.717) is 12.2 Å². The summed E-state index contributed by atoms with van der Waals surface area (Å²) in [5.74, 6) is -0.754. The molecule has 0 radical (unpaired) electrons. The van der Waals surface area contributed by atoms with E-state index in [9.17, 15) is 18.0 Å². The van der Waals surface area contributed by atoms with E-state index in [1.165, 1.54) is 4.90 Å². The second-order valence-electron chi connectivity index (χ2n) is 11.2.